The van der Waals surface area contributed by atoms with E-state index in [9.17, 15) is 4.79 Å². The van der Waals surface area contributed by atoms with Gasteiger partial charge in [-0.1, -0.05) is 6.07 Å². The average molecular weight is 419 g/mol. The lowest BCUT2D eigenvalue weighted by Crippen LogP contribution is -2.48. The molecule has 0 spiro atoms. The minimum Gasteiger partial charge on any atom is -0.497 e. The number of hydrogen-bond acceptors (Lipinski definition) is 6. The van der Waals surface area contributed by atoms with Gasteiger partial charge >= 0.3 is 0 Å². The van der Waals surface area contributed by atoms with Crippen molar-refractivity contribution in [3.63, 3.8) is 0 Å². The fourth-order valence-electron chi connectivity index (χ4n) is 3.27. The number of rotatable bonds is 7. The van der Waals surface area contributed by atoms with E-state index in [1.54, 1.807) is 31.6 Å². The van der Waals surface area contributed by atoms with Crippen molar-refractivity contribution in [3.05, 3.63) is 78.1 Å². The number of fused-ring (bicyclic) bond motifs is 1. The maximum Gasteiger partial charge on any atom is 0.251 e. The lowest BCUT2D eigenvalue weighted by Gasteiger charge is -2.36. The highest BCUT2D eigenvalue weighted by Crippen LogP contribution is 2.34. The van der Waals surface area contributed by atoms with Crippen molar-refractivity contribution in [3.8, 4) is 17.2 Å². The molecule has 1 aromatic heterocycles. The molecule has 1 unspecified atom stereocenters. The zero-order chi connectivity index (χ0) is 21.7. The number of amides is 1. The molecule has 31 heavy (non-hydrogen) atoms. The fourth-order valence-corrected chi connectivity index (χ4v) is 3.27. The monoisotopic (exact) mass is 419 g/mol. The standard InChI is InChI=1S/C24H25N3O4/c1-24(15-30-20-8-6-19(29-2)7-9-20)16-31-22-10-5-18(12-21(22)27-24)23(28)26-14-17-4-3-11-25-13-17/h3-13,27H,14-16H2,1-2H3,(H,26,28). The van der Waals surface area contributed by atoms with Crippen molar-refractivity contribution in [2.24, 2.45) is 0 Å². The van der Waals surface area contributed by atoms with E-state index in [-0.39, 0.29) is 5.91 Å². The fraction of sp³-hybridized carbons (Fsp3) is 0.250. The number of pyridine rings is 1. The van der Waals surface area contributed by atoms with Crippen LogP contribution in [0.3, 0.4) is 0 Å². The Bertz CT molecular complexity index is 1040. The molecule has 3 aromatic rings. The van der Waals surface area contributed by atoms with Gasteiger partial charge in [0.15, 0.2) is 0 Å². The maximum absolute atomic E-state index is 12.6. The van der Waals surface area contributed by atoms with E-state index in [0.29, 0.717) is 31.1 Å². The normalized spacial score (nSPS) is 17.0. The molecule has 160 valence electrons. The highest BCUT2D eigenvalue weighted by molar-refractivity contribution is 5.95. The molecule has 0 radical (unpaired) electrons. The molecular weight excluding hydrogens is 394 g/mol. The number of methoxy groups -OCH3 is 1. The van der Waals surface area contributed by atoms with Gasteiger partial charge in [-0.25, -0.2) is 0 Å². The lowest BCUT2D eigenvalue weighted by atomic mass is 10.0. The van der Waals surface area contributed by atoms with Crippen LogP contribution in [-0.2, 0) is 6.54 Å². The van der Waals surface area contributed by atoms with Gasteiger partial charge in [-0.2, -0.15) is 0 Å². The number of aromatic nitrogens is 1. The molecule has 0 aliphatic carbocycles. The number of nitrogens with zero attached hydrogens (tertiary/aromatic N) is 1. The Kier molecular flexibility index (Phi) is 5.93. The van der Waals surface area contributed by atoms with E-state index in [1.807, 2.05) is 49.4 Å². The smallest absolute Gasteiger partial charge is 0.251 e. The molecule has 2 aromatic carbocycles. The van der Waals surface area contributed by atoms with Gasteiger partial charge in [-0.05, 0) is 61.0 Å². The number of hydrogen-bond donors (Lipinski definition) is 2. The van der Waals surface area contributed by atoms with Crippen molar-refractivity contribution in [2.75, 3.05) is 25.6 Å². The summed E-state index contributed by atoms with van der Waals surface area (Å²) in [6, 6.07) is 16.6. The van der Waals surface area contributed by atoms with Crippen LogP contribution in [0, 0.1) is 0 Å². The highest BCUT2D eigenvalue weighted by Gasteiger charge is 2.32. The third-order valence-electron chi connectivity index (χ3n) is 5.02. The molecule has 0 saturated carbocycles. The van der Waals surface area contributed by atoms with Crippen LogP contribution >= 0.6 is 0 Å². The van der Waals surface area contributed by atoms with Crippen LogP contribution in [0.1, 0.15) is 22.8 Å². The Labute approximate surface area is 181 Å². The Morgan fingerprint density at radius 3 is 2.74 bits per heavy atom. The van der Waals surface area contributed by atoms with Crippen LogP contribution in [0.5, 0.6) is 17.2 Å². The van der Waals surface area contributed by atoms with E-state index in [0.717, 1.165) is 22.7 Å². The molecule has 1 aliphatic rings. The Hall–Kier alpha value is -3.74. The summed E-state index contributed by atoms with van der Waals surface area (Å²) in [4.78, 5) is 16.7. The predicted octanol–water partition coefficient (Wildman–Crippen LogP) is 3.66. The highest BCUT2D eigenvalue weighted by atomic mass is 16.5. The van der Waals surface area contributed by atoms with Crippen LogP contribution in [0.2, 0.25) is 0 Å². The summed E-state index contributed by atoms with van der Waals surface area (Å²) in [5.74, 6) is 2.08. The summed E-state index contributed by atoms with van der Waals surface area (Å²) in [6.07, 6.45) is 3.44. The largest absolute Gasteiger partial charge is 0.497 e. The molecule has 2 N–H and O–H groups in total. The maximum atomic E-state index is 12.6. The molecule has 0 bridgehead atoms. The molecular formula is C24H25N3O4. The van der Waals surface area contributed by atoms with Crippen LogP contribution < -0.4 is 24.8 Å². The summed E-state index contributed by atoms with van der Waals surface area (Å²) in [5.41, 5.74) is 1.82. The molecule has 1 atom stereocenters. The van der Waals surface area contributed by atoms with Crippen LogP contribution in [-0.4, -0.2) is 36.8 Å². The number of benzene rings is 2. The lowest BCUT2D eigenvalue weighted by molar-refractivity contribution is 0.0950. The van der Waals surface area contributed by atoms with Gasteiger partial charge in [-0.15, -0.1) is 0 Å². The van der Waals surface area contributed by atoms with E-state index < -0.39 is 5.54 Å². The number of nitrogens with one attached hydrogen (secondary N) is 2. The Balaban J connectivity index is 1.39. The minimum atomic E-state index is -0.447. The van der Waals surface area contributed by atoms with Gasteiger partial charge in [-0.3, -0.25) is 9.78 Å². The van der Waals surface area contributed by atoms with Gasteiger partial charge in [0.05, 0.1) is 12.8 Å². The first-order valence-electron chi connectivity index (χ1n) is 10.0. The first-order valence-corrected chi connectivity index (χ1v) is 10.0. The zero-order valence-corrected chi connectivity index (χ0v) is 17.6. The number of ether oxygens (including phenoxy) is 3. The van der Waals surface area contributed by atoms with E-state index in [1.165, 1.54) is 0 Å². The second kappa shape index (κ2) is 8.95. The van der Waals surface area contributed by atoms with E-state index in [4.69, 9.17) is 14.2 Å². The van der Waals surface area contributed by atoms with Gasteiger partial charge in [0, 0.05) is 24.5 Å². The SMILES string of the molecule is COc1ccc(OCC2(C)COc3ccc(C(=O)NCc4cccnc4)cc3N2)cc1. The van der Waals surface area contributed by atoms with Crippen molar-refractivity contribution < 1.29 is 19.0 Å². The first kappa shape index (κ1) is 20.5. The third kappa shape index (κ3) is 5.06. The van der Waals surface area contributed by atoms with Crippen molar-refractivity contribution in [1.29, 1.82) is 0 Å². The van der Waals surface area contributed by atoms with Gasteiger partial charge in [0.25, 0.3) is 5.91 Å². The number of anilines is 1. The predicted molar refractivity (Wildman–Crippen MR) is 118 cm³/mol. The average Bonchev–Trinajstić information content (AvgIpc) is 2.82. The topological polar surface area (TPSA) is 81.7 Å². The Morgan fingerprint density at radius 2 is 2.00 bits per heavy atom. The Morgan fingerprint density at radius 1 is 1.19 bits per heavy atom. The molecule has 0 saturated heterocycles. The summed E-state index contributed by atoms with van der Waals surface area (Å²) in [5, 5.41) is 6.39. The van der Waals surface area contributed by atoms with Crippen LogP contribution in [0.15, 0.2) is 67.0 Å². The van der Waals surface area contributed by atoms with E-state index in [2.05, 4.69) is 15.6 Å². The van der Waals surface area contributed by atoms with Crippen LogP contribution in [0.25, 0.3) is 0 Å². The minimum absolute atomic E-state index is 0.157. The molecule has 0 fully saturated rings. The van der Waals surface area contributed by atoms with Gasteiger partial charge < -0.3 is 24.8 Å². The summed E-state index contributed by atoms with van der Waals surface area (Å²) >= 11 is 0. The van der Waals surface area contributed by atoms with Crippen molar-refractivity contribution in [1.82, 2.24) is 10.3 Å². The number of carbonyl (C=O) groups excluding carboxylic acids is 1. The van der Waals surface area contributed by atoms with Gasteiger partial charge in [0.1, 0.15) is 36.0 Å². The molecule has 7 nitrogen and oxygen atoms in total. The quantitative estimate of drug-likeness (QED) is 0.608. The van der Waals surface area contributed by atoms with E-state index >= 15 is 0 Å². The first-order chi connectivity index (χ1) is 15.0. The second-order valence-corrected chi connectivity index (χ2v) is 7.69. The summed E-state index contributed by atoms with van der Waals surface area (Å²) in [6.45, 7) is 3.29. The number of carbonyl (C=O) groups is 1. The zero-order valence-electron chi connectivity index (χ0n) is 17.6. The van der Waals surface area contributed by atoms with Crippen LogP contribution in [0.4, 0.5) is 5.69 Å². The van der Waals surface area contributed by atoms with Gasteiger partial charge in [0.2, 0.25) is 0 Å². The van der Waals surface area contributed by atoms with Crippen molar-refractivity contribution in [2.45, 2.75) is 19.0 Å². The molecule has 4 rings (SSSR count). The molecule has 1 amide bonds. The second-order valence-electron chi connectivity index (χ2n) is 7.69. The molecule has 1 aliphatic heterocycles. The van der Waals surface area contributed by atoms with Crippen molar-refractivity contribution >= 4 is 11.6 Å². The molecule has 7 heteroatoms. The third-order valence-corrected chi connectivity index (χ3v) is 5.02. The summed E-state index contributed by atoms with van der Waals surface area (Å²) in [7, 11) is 1.63. The molecule has 2 heterocycles. The summed E-state index contributed by atoms with van der Waals surface area (Å²) < 4.78 is 17.0.